The molecule has 0 aromatic rings. The Kier molecular flexibility index (Phi) is 8.13. The molecule has 1 N–H and O–H groups in total. The summed E-state index contributed by atoms with van der Waals surface area (Å²) >= 11 is 0. The monoisotopic (exact) mass is 334 g/mol. The van der Waals surface area contributed by atoms with E-state index in [1.165, 1.54) is 6.08 Å². The Morgan fingerprint density at radius 3 is 2.29 bits per heavy atom. The summed E-state index contributed by atoms with van der Waals surface area (Å²) in [6.07, 6.45) is 9.79. The van der Waals surface area contributed by atoms with Crippen LogP contribution in [0.15, 0.2) is 36.5 Å². The smallest absolute Gasteiger partial charge is 0.330 e. The Balaban J connectivity index is 2.99. The molecular weight excluding hydrogens is 304 g/mol. The van der Waals surface area contributed by atoms with Gasteiger partial charge in [0.05, 0.1) is 6.10 Å². The molecule has 4 nitrogen and oxygen atoms in total. The number of rotatable bonds is 0. The first-order valence-corrected chi connectivity index (χ1v) is 8.68. The zero-order chi connectivity index (χ0) is 18.3. The molecule has 0 unspecified atom stereocenters. The molecule has 0 saturated heterocycles. The highest BCUT2D eigenvalue weighted by molar-refractivity contribution is 5.91. The summed E-state index contributed by atoms with van der Waals surface area (Å²) < 4.78 is 5.36. The fourth-order valence-corrected chi connectivity index (χ4v) is 2.72. The SMILES string of the molecule is C[C@@H]1C[C@H](C)[C@H](O)[C@@H](C)/C=C\C(=O)O[C@H](C)[C@@H](C)/C=C\C=C\C1=O. The lowest BCUT2D eigenvalue weighted by Gasteiger charge is -2.24. The minimum Gasteiger partial charge on any atom is -0.459 e. The van der Waals surface area contributed by atoms with E-state index in [0.29, 0.717) is 6.42 Å². The molecule has 0 bridgehead atoms. The van der Waals surface area contributed by atoms with Gasteiger partial charge in [-0.1, -0.05) is 52.0 Å². The maximum absolute atomic E-state index is 12.1. The number of aliphatic hydroxyl groups excluding tert-OH is 1. The Bertz CT molecular complexity index is 518. The standard InChI is InChI=1S/C20H30O4/c1-13-8-6-7-9-18(21)15(3)12-16(4)20(23)14(2)10-11-19(22)24-17(13)5/h6-11,13-17,20,23H,12H2,1-5H3/b8-6-,9-7+,11-10-/t13-,14-,15+,16-,17+,20+/m0/s1. The van der Waals surface area contributed by atoms with Crippen molar-refractivity contribution < 1.29 is 19.4 Å². The minimum absolute atomic E-state index is 0.0375. The molecule has 134 valence electrons. The fraction of sp³-hybridized carbons (Fsp3) is 0.600. The van der Waals surface area contributed by atoms with E-state index in [1.54, 1.807) is 18.2 Å². The molecule has 0 amide bonds. The quantitative estimate of drug-likeness (QED) is 0.689. The van der Waals surface area contributed by atoms with Gasteiger partial charge in [0, 0.05) is 23.8 Å². The van der Waals surface area contributed by atoms with Crippen molar-refractivity contribution in [1.82, 2.24) is 0 Å². The van der Waals surface area contributed by atoms with Gasteiger partial charge in [0.25, 0.3) is 0 Å². The van der Waals surface area contributed by atoms with Gasteiger partial charge in [0.15, 0.2) is 5.78 Å². The van der Waals surface area contributed by atoms with Crippen LogP contribution in [0.3, 0.4) is 0 Å². The molecule has 1 aliphatic rings. The second-order valence-electron chi connectivity index (χ2n) is 6.97. The van der Waals surface area contributed by atoms with Gasteiger partial charge in [-0.2, -0.15) is 0 Å². The molecule has 4 heteroatoms. The van der Waals surface area contributed by atoms with Crippen LogP contribution in [0.4, 0.5) is 0 Å². The summed E-state index contributed by atoms with van der Waals surface area (Å²) in [6.45, 7) is 9.45. The van der Waals surface area contributed by atoms with Crippen molar-refractivity contribution in [2.45, 2.75) is 53.2 Å². The molecule has 0 aromatic carbocycles. The number of hydrogen-bond donors (Lipinski definition) is 1. The zero-order valence-corrected chi connectivity index (χ0v) is 15.3. The number of carbonyl (C=O) groups excluding carboxylic acids is 2. The van der Waals surface area contributed by atoms with Crippen LogP contribution in [-0.2, 0) is 14.3 Å². The van der Waals surface area contributed by atoms with Crippen LogP contribution < -0.4 is 0 Å². The van der Waals surface area contributed by atoms with Crippen molar-refractivity contribution in [3.63, 3.8) is 0 Å². The number of ketones is 1. The van der Waals surface area contributed by atoms with Crippen molar-refractivity contribution in [3.05, 3.63) is 36.5 Å². The van der Waals surface area contributed by atoms with E-state index in [2.05, 4.69) is 0 Å². The van der Waals surface area contributed by atoms with Crippen LogP contribution in [0.2, 0.25) is 0 Å². The second kappa shape index (κ2) is 9.58. The molecular formula is C20H30O4. The third kappa shape index (κ3) is 6.44. The summed E-state index contributed by atoms with van der Waals surface area (Å²) in [7, 11) is 0. The lowest BCUT2D eigenvalue weighted by molar-refractivity contribution is -0.143. The van der Waals surface area contributed by atoms with Gasteiger partial charge in [-0.25, -0.2) is 4.79 Å². The third-order valence-electron chi connectivity index (χ3n) is 4.70. The maximum Gasteiger partial charge on any atom is 0.330 e. The van der Waals surface area contributed by atoms with Gasteiger partial charge in [-0.05, 0) is 25.3 Å². The minimum atomic E-state index is -0.613. The first-order chi connectivity index (χ1) is 11.2. The van der Waals surface area contributed by atoms with E-state index in [9.17, 15) is 14.7 Å². The molecule has 0 spiro atoms. The number of cyclic esters (lactones) is 1. The first kappa shape index (κ1) is 20.4. The van der Waals surface area contributed by atoms with Gasteiger partial charge in [-0.3, -0.25) is 4.79 Å². The number of allylic oxidation sites excluding steroid dienone is 3. The van der Waals surface area contributed by atoms with Crippen molar-refractivity contribution >= 4 is 11.8 Å². The Morgan fingerprint density at radius 2 is 1.62 bits per heavy atom. The van der Waals surface area contributed by atoms with Gasteiger partial charge in [0.1, 0.15) is 6.10 Å². The molecule has 24 heavy (non-hydrogen) atoms. The summed E-state index contributed by atoms with van der Waals surface area (Å²) in [6, 6.07) is 0. The van der Waals surface area contributed by atoms with Gasteiger partial charge >= 0.3 is 5.97 Å². The number of aliphatic hydroxyl groups is 1. The highest BCUT2D eigenvalue weighted by Gasteiger charge is 2.23. The molecule has 0 fully saturated rings. The van der Waals surface area contributed by atoms with Crippen molar-refractivity contribution in [3.8, 4) is 0 Å². The van der Waals surface area contributed by atoms with Crippen LogP contribution >= 0.6 is 0 Å². The lowest BCUT2D eigenvalue weighted by atomic mass is 9.85. The summed E-state index contributed by atoms with van der Waals surface area (Å²) in [5.41, 5.74) is 0. The van der Waals surface area contributed by atoms with E-state index < -0.39 is 12.1 Å². The predicted molar refractivity (Wildman–Crippen MR) is 95.3 cm³/mol. The van der Waals surface area contributed by atoms with E-state index in [4.69, 9.17) is 4.74 Å². The molecule has 0 saturated carbocycles. The summed E-state index contributed by atoms with van der Waals surface area (Å²) in [4.78, 5) is 24.0. The fourth-order valence-electron chi connectivity index (χ4n) is 2.72. The molecule has 0 aromatic heterocycles. The summed E-state index contributed by atoms with van der Waals surface area (Å²) in [5.74, 6) is -0.691. The largest absolute Gasteiger partial charge is 0.459 e. The summed E-state index contributed by atoms with van der Waals surface area (Å²) in [5, 5.41) is 10.4. The van der Waals surface area contributed by atoms with Gasteiger partial charge in [-0.15, -0.1) is 0 Å². The van der Waals surface area contributed by atoms with E-state index in [0.717, 1.165) is 0 Å². The number of hydrogen-bond acceptors (Lipinski definition) is 4. The Hall–Kier alpha value is -1.68. The van der Waals surface area contributed by atoms with Crippen LogP contribution in [-0.4, -0.2) is 29.1 Å². The number of esters is 1. The van der Waals surface area contributed by atoms with E-state index >= 15 is 0 Å². The zero-order valence-electron chi connectivity index (χ0n) is 15.3. The normalized spacial score (nSPS) is 40.6. The Labute approximate surface area is 145 Å². The predicted octanol–water partition coefficient (Wildman–Crippen LogP) is 3.46. The van der Waals surface area contributed by atoms with E-state index in [1.807, 2.05) is 46.8 Å². The topological polar surface area (TPSA) is 63.6 Å². The second-order valence-corrected chi connectivity index (χ2v) is 6.97. The molecule has 1 heterocycles. The van der Waals surface area contributed by atoms with Crippen molar-refractivity contribution in [2.24, 2.45) is 23.7 Å². The molecule has 0 aliphatic carbocycles. The van der Waals surface area contributed by atoms with Crippen LogP contribution in [0, 0.1) is 23.7 Å². The number of ether oxygens (including phenoxy) is 1. The highest BCUT2D eigenvalue weighted by atomic mass is 16.5. The van der Waals surface area contributed by atoms with Gasteiger partial charge in [0.2, 0.25) is 0 Å². The average Bonchev–Trinajstić information content (AvgIpc) is 2.54. The average molecular weight is 334 g/mol. The van der Waals surface area contributed by atoms with E-state index in [-0.39, 0.29) is 35.6 Å². The van der Waals surface area contributed by atoms with Crippen molar-refractivity contribution in [1.29, 1.82) is 0 Å². The Morgan fingerprint density at radius 1 is 0.958 bits per heavy atom. The molecule has 1 aliphatic heterocycles. The molecule has 1 rings (SSSR count). The first-order valence-electron chi connectivity index (χ1n) is 8.68. The maximum atomic E-state index is 12.1. The van der Waals surface area contributed by atoms with Crippen LogP contribution in [0.1, 0.15) is 41.0 Å². The lowest BCUT2D eigenvalue weighted by Crippen LogP contribution is -2.27. The molecule has 0 radical (unpaired) electrons. The van der Waals surface area contributed by atoms with Crippen molar-refractivity contribution in [2.75, 3.05) is 0 Å². The van der Waals surface area contributed by atoms with Crippen LogP contribution in [0.5, 0.6) is 0 Å². The van der Waals surface area contributed by atoms with Gasteiger partial charge < -0.3 is 9.84 Å². The number of carbonyl (C=O) groups is 2. The van der Waals surface area contributed by atoms with Crippen LogP contribution in [0.25, 0.3) is 0 Å². The molecule has 6 atom stereocenters. The highest BCUT2D eigenvalue weighted by Crippen LogP contribution is 2.22. The third-order valence-corrected chi connectivity index (χ3v) is 4.70.